The Labute approximate surface area is 161 Å². The summed E-state index contributed by atoms with van der Waals surface area (Å²) in [5.74, 6) is 0. The van der Waals surface area contributed by atoms with Crippen molar-refractivity contribution in [2.75, 3.05) is 34.5 Å². The molecule has 0 aromatic heterocycles. The Morgan fingerprint density at radius 1 is 1.27 bits per heavy atom. The lowest BCUT2D eigenvalue weighted by Gasteiger charge is -2.21. The molecule has 0 N–H and O–H groups in total. The van der Waals surface area contributed by atoms with E-state index in [0.29, 0.717) is 13.0 Å². The maximum absolute atomic E-state index is 12.9. The van der Waals surface area contributed by atoms with Crippen LogP contribution in [0.3, 0.4) is 0 Å². The lowest BCUT2D eigenvalue weighted by molar-refractivity contribution is -0.325. The quantitative estimate of drug-likeness (QED) is 0.395. The third kappa shape index (κ3) is 5.10. The summed E-state index contributed by atoms with van der Waals surface area (Å²) in [6.45, 7) is -2.92. The molecule has 3 unspecified atom stereocenters. The molecule has 3 fully saturated rings. The number of fused-ring (bicyclic) bond motifs is 1. The summed E-state index contributed by atoms with van der Waals surface area (Å²) in [5, 5.41) is 8.00. The van der Waals surface area contributed by atoms with Crippen LogP contribution in [0, 0.1) is 0 Å². The largest absolute Gasteiger partial charge is 0.857 e. The van der Waals surface area contributed by atoms with E-state index in [-0.39, 0.29) is 36.2 Å². The summed E-state index contributed by atoms with van der Waals surface area (Å²) in [4.78, 5) is 0. The van der Waals surface area contributed by atoms with Crippen LogP contribution in [-0.2, 0) is 32.6 Å². The molecule has 3 aliphatic rings. The van der Waals surface area contributed by atoms with Gasteiger partial charge < -0.3 is 24.1 Å². The maximum Gasteiger partial charge on any atom is 0.390 e. The zero-order valence-electron chi connectivity index (χ0n) is 15.0. The standard InChI is InChI=1S/C12H19B3O7PS.CH3O/c1-17-4-8-10-11(12(13)21-8)24-23(16,22-10)19-5-7-6(18-2)3-9(15-14)20-7;1-2/h6-12H,3-5H2,1-2H3;1H3/q;-1/t6?,7-,8-,9-,10?,11+,12-,23?;/m1./s1. The molecule has 26 heavy (non-hydrogen) atoms. The van der Waals surface area contributed by atoms with Gasteiger partial charge in [-0.15, -0.1) is 0 Å². The van der Waals surface area contributed by atoms with Gasteiger partial charge in [0.2, 0.25) is 0 Å². The first-order valence-corrected chi connectivity index (χ1v) is 11.2. The van der Waals surface area contributed by atoms with Gasteiger partial charge in [0.05, 0.1) is 31.7 Å². The zero-order chi connectivity index (χ0) is 19.3. The van der Waals surface area contributed by atoms with E-state index in [4.69, 9.17) is 48.7 Å². The number of methoxy groups -OCH3 is 2. The molecule has 0 aromatic rings. The highest BCUT2D eigenvalue weighted by atomic mass is 32.7. The Morgan fingerprint density at radius 3 is 2.62 bits per heavy atom. The summed E-state index contributed by atoms with van der Waals surface area (Å²) in [6.07, 6.45) is -0.648. The van der Waals surface area contributed by atoms with E-state index < -0.39 is 18.9 Å². The monoisotopic (exact) mass is 402 g/mol. The van der Waals surface area contributed by atoms with Gasteiger partial charge in [0.25, 0.3) is 0 Å². The second-order valence-electron chi connectivity index (χ2n) is 5.89. The van der Waals surface area contributed by atoms with Crippen molar-refractivity contribution >= 4 is 40.9 Å². The first kappa shape index (κ1) is 22.8. The van der Waals surface area contributed by atoms with Crippen molar-refractivity contribution in [3.8, 4) is 0 Å². The third-order valence-corrected chi connectivity index (χ3v) is 8.41. The highest BCUT2D eigenvalue weighted by molar-refractivity contribution is 8.55. The van der Waals surface area contributed by atoms with Crippen molar-refractivity contribution in [1.82, 2.24) is 0 Å². The van der Waals surface area contributed by atoms with Crippen molar-refractivity contribution in [3.05, 3.63) is 0 Å². The first-order valence-electron chi connectivity index (χ1n) is 8.15. The Kier molecular flexibility index (Phi) is 9.04. The van der Waals surface area contributed by atoms with Crippen LogP contribution < -0.4 is 5.11 Å². The third-order valence-electron chi connectivity index (χ3n) is 4.32. The van der Waals surface area contributed by atoms with E-state index in [0.717, 1.165) is 18.5 Å². The van der Waals surface area contributed by atoms with Crippen LogP contribution in [0.2, 0.25) is 0 Å². The minimum atomic E-state index is -3.34. The van der Waals surface area contributed by atoms with Crippen LogP contribution >= 0.6 is 18.2 Å². The smallest absolute Gasteiger partial charge is 0.390 e. The van der Waals surface area contributed by atoms with E-state index in [1.807, 2.05) is 0 Å². The minimum absolute atomic E-state index is 0.0948. The number of hydrogen-bond acceptors (Lipinski definition) is 9. The molecule has 3 aliphatic heterocycles. The molecule has 13 heteroatoms. The molecule has 8 atom stereocenters. The van der Waals surface area contributed by atoms with Gasteiger partial charge in [-0.3, -0.25) is 9.05 Å². The van der Waals surface area contributed by atoms with Crippen LogP contribution in [-0.4, -0.2) is 99.0 Å². The fourth-order valence-electron chi connectivity index (χ4n) is 3.12. The SMILES string of the molecule is C[O-].[B][B][C@H]1CC(OC)[C@@H](COP2(=O)OC3[C@@H](COC)O[C@@H]([B])[C@H]3S2)O1. The maximum atomic E-state index is 12.9. The highest BCUT2D eigenvalue weighted by Gasteiger charge is 2.56. The summed E-state index contributed by atoms with van der Waals surface area (Å²) >= 11 is 1.10. The van der Waals surface area contributed by atoms with Crippen molar-refractivity contribution in [1.29, 1.82) is 0 Å². The number of rotatable bonds is 7. The number of hydrogen-bond donors (Lipinski definition) is 0. The topological polar surface area (TPSA) is 95.5 Å². The molecule has 3 heterocycles. The van der Waals surface area contributed by atoms with Gasteiger partial charge in [0, 0.05) is 34.0 Å². The van der Waals surface area contributed by atoms with E-state index in [9.17, 15) is 4.57 Å². The van der Waals surface area contributed by atoms with E-state index >= 15 is 0 Å². The minimum Gasteiger partial charge on any atom is -0.857 e. The van der Waals surface area contributed by atoms with Crippen LogP contribution in [0.4, 0.5) is 0 Å². The summed E-state index contributed by atoms with van der Waals surface area (Å²) in [5.41, 5.74) is 0. The van der Waals surface area contributed by atoms with E-state index in [1.54, 1.807) is 14.2 Å². The van der Waals surface area contributed by atoms with Gasteiger partial charge in [0.1, 0.15) is 26.2 Å². The summed E-state index contributed by atoms with van der Waals surface area (Å²) < 4.78 is 45.9. The number of ether oxygens (including phenoxy) is 4. The molecule has 8 nitrogen and oxygen atoms in total. The van der Waals surface area contributed by atoms with Crippen LogP contribution in [0.15, 0.2) is 0 Å². The van der Waals surface area contributed by atoms with Gasteiger partial charge in [-0.2, -0.15) is 7.11 Å². The Balaban J connectivity index is 0.00000117. The van der Waals surface area contributed by atoms with Crippen molar-refractivity contribution in [2.45, 2.75) is 48.1 Å². The van der Waals surface area contributed by atoms with E-state index in [2.05, 4.69) is 0 Å². The normalized spacial score (nSPS) is 44.4. The Morgan fingerprint density at radius 2 is 2.00 bits per heavy atom. The van der Waals surface area contributed by atoms with Crippen LogP contribution in [0.25, 0.3) is 0 Å². The lowest BCUT2D eigenvalue weighted by atomic mass is 9.51. The lowest BCUT2D eigenvalue weighted by Crippen LogP contribution is -2.30. The van der Waals surface area contributed by atoms with Crippen molar-refractivity contribution < 1.29 is 37.7 Å². The van der Waals surface area contributed by atoms with Crippen molar-refractivity contribution in [2.24, 2.45) is 0 Å². The van der Waals surface area contributed by atoms with Crippen molar-refractivity contribution in [3.63, 3.8) is 0 Å². The molecule has 0 saturated carbocycles. The molecule has 3 rings (SSSR count). The van der Waals surface area contributed by atoms with Gasteiger partial charge in [0.15, 0.2) is 0 Å². The molecule has 3 saturated heterocycles. The Hall–Kier alpha value is 0.495. The molecule has 0 amide bonds. The first-order chi connectivity index (χ1) is 12.5. The predicted molar refractivity (Wildman–Crippen MR) is 97.6 cm³/mol. The molecule has 143 valence electrons. The van der Waals surface area contributed by atoms with Gasteiger partial charge in [-0.1, -0.05) is 0 Å². The van der Waals surface area contributed by atoms with Gasteiger partial charge in [-0.25, -0.2) is 4.57 Å². The Bertz CT molecular complexity index is 492. The zero-order valence-corrected chi connectivity index (χ0v) is 16.7. The molecule has 0 spiro atoms. The summed E-state index contributed by atoms with van der Waals surface area (Å²) in [6, 6.07) is -0.765. The average molecular weight is 402 g/mol. The average Bonchev–Trinajstić information content (AvgIpc) is 3.29. The molecule has 0 bridgehead atoms. The fourth-order valence-corrected chi connectivity index (χ4v) is 7.52. The van der Waals surface area contributed by atoms with Crippen LogP contribution in [0.5, 0.6) is 0 Å². The predicted octanol–water partition coefficient (Wildman–Crippen LogP) is -0.954. The second-order valence-corrected chi connectivity index (χ2v) is 9.99. The molecular formula is C13H22B3O8PS-. The molecule has 5 radical (unpaired) electrons. The van der Waals surface area contributed by atoms with E-state index in [1.165, 1.54) is 7.17 Å². The van der Waals surface area contributed by atoms with Gasteiger partial charge >= 0.3 is 6.80 Å². The second kappa shape index (κ2) is 10.3. The molecule has 0 aliphatic carbocycles. The van der Waals surface area contributed by atoms with Gasteiger partial charge in [-0.05, 0) is 17.8 Å². The fraction of sp³-hybridized carbons (Fsp3) is 1.00. The van der Waals surface area contributed by atoms with Crippen LogP contribution in [0.1, 0.15) is 6.42 Å². The molecular weight excluding hydrogens is 380 g/mol. The highest BCUT2D eigenvalue weighted by Crippen LogP contribution is 2.71. The summed E-state index contributed by atoms with van der Waals surface area (Å²) in [7, 11) is 16.8. The molecule has 0 aromatic carbocycles.